The predicted octanol–water partition coefficient (Wildman–Crippen LogP) is 3.52. The monoisotopic (exact) mass is 382 g/mol. The second-order valence-electron chi connectivity index (χ2n) is 5.57. The highest BCUT2D eigenvalue weighted by molar-refractivity contribution is 6.35. The molecule has 1 fully saturated rings. The highest BCUT2D eigenvalue weighted by Gasteiger charge is 2.38. The Kier molecular flexibility index (Phi) is 5.98. The van der Waals surface area contributed by atoms with Crippen molar-refractivity contribution in [2.24, 2.45) is 5.92 Å². The molecule has 24 heavy (non-hydrogen) atoms. The molecule has 1 N–H and O–H groups in total. The van der Waals surface area contributed by atoms with Crippen LogP contribution in [0.2, 0.25) is 10.0 Å². The number of nitrogens with one attached hydrogen (secondary N) is 1. The van der Waals surface area contributed by atoms with E-state index in [2.05, 4.69) is 0 Å². The average molecular weight is 383 g/mol. The average Bonchev–Trinajstić information content (AvgIpc) is 2.53. The lowest BCUT2D eigenvalue weighted by Gasteiger charge is -2.32. The van der Waals surface area contributed by atoms with Gasteiger partial charge in [-0.3, -0.25) is 9.59 Å². The number of hydrogen-bond donors (Lipinski definition) is 1. The van der Waals surface area contributed by atoms with Crippen LogP contribution in [0.15, 0.2) is 18.2 Å². The van der Waals surface area contributed by atoms with Gasteiger partial charge in [-0.05, 0) is 37.0 Å². The van der Waals surface area contributed by atoms with Gasteiger partial charge in [0.15, 0.2) is 0 Å². The molecule has 0 saturated carbocycles. The first-order valence-corrected chi connectivity index (χ1v) is 8.03. The molecule has 1 saturated heterocycles. The van der Waals surface area contributed by atoms with E-state index < -0.39 is 12.1 Å². The summed E-state index contributed by atoms with van der Waals surface area (Å²) in [5.41, 5.74) is 0.299. The van der Waals surface area contributed by atoms with Gasteiger partial charge in [0.25, 0.3) is 5.91 Å². The first-order chi connectivity index (χ1) is 11.2. The molecule has 1 heterocycles. The Morgan fingerprint density at radius 1 is 1.21 bits per heavy atom. The molecule has 1 aliphatic heterocycles. The molecule has 0 radical (unpaired) electrons. The highest BCUT2D eigenvalue weighted by atomic mass is 35.5. The summed E-state index contributed by atoms with van der Waals surface area (Å²) < 4.78 is 36.4. The van der Waals surface area contributed by atoms with Gasteiger partial charge < -0.3 is 10.2 Å². The molecule has 1 aromatic rings. The molecule has 132 valence electrons. The number of amides is 2. The second kappa shape index (κ2) is 7.61. The number of piperidine rings is 1. The van der Waals surface area contributed by atoms with Crippen molar-refractivity contribution in [1.82, 2.24) is 10.2 Å². The van der Waals surface area contributed by atoms with E-state index in [9.17, 15) is 22.8 Å². The molecule has 4 nitrogen and oxygen atoms in total. The maximum atomic E-state index is 12.4. The van der Waals surface area contributed by atoms with E-state index in [0.29, 0.717) is 41.5 Å². The highest BCUT2D eigenvalue weighted by Crippen LogP contribution is 2.25. The van der Waals surface area contributed by atoms with E-state index in [4.69, 9.17) is 23.2 Å². The summed E-state index contributed by atoms with van der Waals surface area (Å²) in [4.78, 5) is 24.8. The van der Waals surface area contributed by atoms with Crippen LogP contribution in [-0.4, -0.2) is 42.5 Å². The summed E-state index contributed by atoms with van der Waals surface area (Å²) in [5, 5.41) is 2.57. The lowest BCUT2D eigenvalue weighted by Crippen LogP contribution is -2.44. The Labute approximate surface area is 146 Å². The zero-order valence-electron chi connectivity index (χ0n) is 12.5. The lowest BCUT2D eigenvalue weighted by atomic mass is 9.96. The van der Waals surface area contributed by atoms with Crippen LogP contribution in [0.4, 0.5) is 13.2 Å². The maximum Gasteiger partial charge on any atom is 0.471 e. The first kappa shape index (κ1) is 18.9. The zero-order valence-corrected chi connectivity index (χ0v) is 14.0. The number of benzene rings is 1. The van der Waals surface area contributed by atoms with E-state index in [-0.39, 0.29) is 18.4 Å². The molecule has 0 aromatic heterocycles. The molecule has 2 amide bonds. The first-order valence-electron chi connectivity index (χ1n) is 7.28. The van der Waals surface area contributed by atoms with E-state index in [1.54, 1.807) is 11.0 Å². The van der Waals surface area contributed by atoms with Crippen molar-refractivity contribution in [1.29, 1.82) is 0 Å². The van der Waals surface area contributed by atoms with Crippen molar-refractivity contribution in [2.45, 2.75) is 19.0 Å². The Morgan fingerprint density at radius 2 is 1.83 bits per heavy atom. The van der Waals surface area contributed by atoms with Gasteiger partial charge >= 0.3 is 12.1 Å². The van der Waals surface area contributed by atoms with Gasteiger partial charge in [-0.15, -0.1) is 0 Å². The molecule has 1 aromatic carbocycles. The molecule has 0 bridgehead atoms. The quantitative estimate of drug-likeness (QED) is 0.869. The number of halogens is 5. The van der Waals surface area contributed by atoms with Crippen LogP contribution in [0.5, 0.6) is 0 Å². The van der Waals surface area contributed by atoms with Gasteiger partial charge in [-0.2, -0.15) is 13.2 Å². The molecule has 2 rings (SSSR count). The molecule has 0 aliphatic carbocycles. The van der Waals surface area contributed by atoms with E-state index >= 15 is 0 Å². The normalized spacial score (nSPS) is 16.1. The minimum atomic E-state index is -4.88. The number of alkyl halides is 3. The number of hydrogen-bond acceptors (Lipinski definition) is 2. The third-order valence-electron chi connectivity index (χ3n) is 3.87. The fraction of sp³-hybridized carbons (Fsp3) is 0.467. The Bertz CT molecular complexity index is 630. The molecule has 0 unspecified atom stereocenters. The van der Waals surface area contributed by atoms with Crippen LogP contribution < -0.4 is 5.32 Å². The summed E-state index contributed by atoms with van der Waals surface area (Å²) in [5.74, 6) is -2.30. The van der Waals surface area contributed by atoms with E-state index in [0.717, 1.165) is 0 Å². The number of rotatable bonds is 3. The maximum absolute atomic E-state index is 12.4. The fourth-order valence-electron chi connectivity index (χ4n) is 2.51. The third-order valence-corrected chi connectivity index (χ3v) is 4.43. The standard InChI is InChI=1S/C15H15Cl2F3N2O2/c16-10-1-2-12(17)11(7-10)13(23)22-5-3-9(4-6-22)8-21-14(24)15(18,19)20/h1-2,7,9H,3-6,8H2,(H,21,24). The van der Waals surface area contributed by atoms with E-state index in [1.165, 1.54) is 12.1 Å². The van der Waals surface area contributed by atoms with Crippen molar-refractivity contribution >= 4 is 35.0 Å². The molecular weight excluding hydrogens is 368 g/mol. The Morgan fingerprint density at radius 3 is 2.42 bits per heavy atom. The van der Waals surface area contributed by atoms with E-state index in [1.807, 2.05) is 5.32 Å². The van der Waals surface area contributed by atoms with Crippen LogP contribution in [0, 0.1) is 5.92 Å². The zero-order chi connectivity index (χ0) is 17.9. The van der Waals surface area contributed by atoms with Crippen molar-refractivity contribution in [3.8, 4) is 0 Å². The SMILES string of the molecule is O=C(c1cc(Cl)ccc1Cl)N1CCC(CNC(=O)C(F)(F)F)CC1. The molecule has 9 heteroatoms. The summed E-state index contributed by atoms with van der Waals surface area (Å²) in [6, 6.07) is 4.61. The topological polar surface area (TPSA) is 49.4 Å². The van der Waals surface area contributed by atoms with Gasteiger partial charge in [-0.1, -0.05) is 23.2 Å². The van der Waals surface area contributed by atoms with Gasteiger partial charge in [0.1, 0.15) is 0 Å². The second-order valence-corrected chi connectivity index (χ2v) is 6.41. The van der Waals surface area contributed by atoms with Crippen LogP contribution in [0.1, 0.15) is 23.2 Å². The van der Waals surface area contributed by atoms with Crippen molar-refractivity contribution in [3.05, 3.63) is 33.8 Å². The van der Waals surface area contributed by atoms with Gasteiger partial charge in [0.05, 0.1) is 10.6 Å². The number of carbonyl (C=O) groups excluding carboxylic acids is 2. The summed E-state index contributed by atoms with van der Waals surface area (Å²) >= 11 is 11.9. The number of nitrogens with zero attached hydrogens (tertiary/aromatic N) is 1. The van der Waals surface area contributed by atoms with Crippen LogP contribution in [0.25, 0.3) is 0 Å². The third kappa shape index (κ3) is 4.77. The van der Waals surface area contributed by atoms with Crippen molar-refractivity contribution in [3.63, 3.8) is 0 Å². The van der Waals surface area contributed by atoms with Crippen molar-refractivity contribution in [2.75, 3.05) is 19.6 Å². The summed E-state index contributed by atoms with van der Waals surface area (Å²) in [7, 11) is 0. The predicted molar refractivity (Wildman–Crippen MR) is 84.2 cm³/mol. The fourth-order valence-corrected chi connectivity index (χ4v) is 2.88. The lowest BCUT2D eigenvalue weighted by molar-refractivity contribution is -0.173. The van der Waals surface area contributed by atoms with Crippen molar-refractivity contribution < 1.29 is 22.8 Å². The number of carbonyl (C=O) groups is 2. The molecule has 0 atom stereocenters. The Hall–Kier alpha value is -1.47. The molecule has 1 aliphatic rings. The molecule has 0 spiro atoms. The summed E-state index contributed by atoms with van der Waals surface area (Å²) in [6.45, 7) is 0.709. The van der Waals surface area contributed by atoms with Gasteiger partial charge in [0.2, 0.25) is 0 Å². The largest absolute Gasteiger partial charge is 0.471 e. The minimum Gasteiger partial charge on any atom is -0.348 e. The van der Waals surface area contributed by atoms with Crippen LogP contribution in [0.3, 0.4) is 0 Å². The van der Waals surface area contributed by atoms with Gasteiger partial charge in [-0.25, -0.2) is 0 Å². The van der Waals surface area contributed by atoms with Crippen LogP contribution >= 0.6 is 23.2 Å². The summed E-state index contributed by atoms with van der Waals surface area (Å²) in [6.07, 6.45) is -3.87. The molecular formula is C15H15Cl2F3N2O2. The number of likely N-dealkylation sites (tertiary alicyclic amines) is 1. The minimum absolute atomic E-state index is 0.0572. The smallest absolute Gasteiger partial charge is 0.348 e. The van der Waals surface area contributed by atoms with Gasteiger partial charge in [0, 0.05) is 24.7 Å². The van der Waals surface area contributed by atoms with Crippen LogP contribution in [-0.2, 0) is 4.79 Å². The Balaban J connectivity index is 1.87.